The first-order chi connectivity index (χ1) is 12.5. The molecule has 0 aliphatic rings. The zero-order valence-corrected chi connectivity index (χ0v) is 17.6. The maximum absolute atomic E-state index is 12.3. The van der Waals surface area contributed by atoms with Gasteiger partial charge in [0.2, 0.25) is 10.0 Å². The maximum atomic E-state index is 12.3. The van der Waals surface area contributed by atoms with Gasteiger partial charge in [-0.05, 0) is 59.3 Å². The van der Waals surface area contributed by atoms with Crippen molar-refractivity contribution < 1.29 is 22.7 Å². The minimum atomic E-state index is -4.00. The fraction of sp³-hybridized carbons (Fsp3) is 0.125. The molecule has 0 radical (unpaired) electrons. The molecule has 11 heteroatoms. The van der Waals surface area contributed by atoms with Gasteiger partial charge in [-0.25, -0.2) is 18.4 Å². The Labute approximate surface area is 174 Å². The van der Waals surface area contributed by atoms with Crippen molar-refractivity contribution in [2.75, 3.05) is 5.32 Å². The topological polar surface area (TPSA) is 116 Å². The molecule has 1 amide bonds. The monoisotopic (exact) mass is 494 g/mol. The van der Waals surface area contributed by atoms with Gasteiger partial charge in [-0.2, -0.15) is 0 Å². The second-order valence-corrected chi connectivity index (χ2v) is 8.67. The highest BCUT2D eigenvalue weighted by Crippen LogP contribution is 2.24. The number of amides is 1. The number of rotatable bonds is 5. The van der Waals surface area contributed by atoms with Gasteiger partial charge in [0.05, 0.1) is 10.5 Å². The minimum absolute atomic E-state index is 0.0908. The first-order valence-electron chi connectivity index (χ1n) is 7.27. The first kappa shape index (κ1) is 21.6. The molecule has 2 aromatic rings. The van der Waals surface area contributed by atoms with Crippen LogP contribution in [0.3, 0.4) is 0 Å². The van der Waals surface area contributed by atoms with E-state index in [0.717, 1.165) is 6.07 Å². The number of carbonyl (C=O) groups is 2. The van der Waals surface area contributed by atoms with E-state index in [4.69, 9.17) is 33.1 Å². The summed E-state index contributed by atoms with van der Waals surface area (Å²) in [6.45, 7) is 1.36. The molecule has 0 saturated heterocycles. The summed E-state index contributed by atoms with van der Waals surface area (Å²) in [7, 11) is -4.00. The van der Waals surface area contributed by atoms with Crippen molar-refractivity contribution in [3.05, 3.63) is 56.5 Å². The highest BCUT2D eigenvalue weighted by atomic mass is 79.9. The molecule has 0 heterocycles. The van der Waals surface area contributed by atoms with E-state index in [1.54, 1.807) is 0 Å². The second kappa shape index (κ2) is 8.57. The number of nitrogens with one attached hydrogen (secondary N) is 1. The number of hydrogen-bond acceptors (Lipinski definition) is 5. The Balaban J connectivity index is 2.14. The van der Waals surface area contributed by atoms with Crippen molar-refractivity contribution in [3.63, 3.8) is 0 Å². The van der Waals surface area contributed by atoms with Gasteiger partial charge in [0.1, 0.15) is 0 Å². The van der Waals surface area contributed by atoms with E-state index in [1.165, 1.54) is 37.3 Å². The summed E-state index contributed by atoms with van der Waals surface area (Å²) in [5, 5.41) is 8.22. The Bertz CT molecular complexity index is 994. The molecular weight excluding hydrogens is 483 g/mol. The lowest BCUT2D eigenvalue weighted by atomic mass is 10.2. The van der Waals surface area contributed by atoms with Crippen molar-refractivity contribution in [1.29, 1.82) is 0 Å². The number of ether oxygens (including phenoxy) is 1. The Hall–Kier alpha value is -1.65. The van der Waals surface area contributed by atoms with E-state index in [0.29, 0.717) is 15.7 Å². The molecule has 0 bridgehead atoms. The summed E-state index contributed by atoms with van der Waals surface area (Å²) in [5.41, 5.74) is 0.241. The Morgan fingerprint density at radius 1 is 1.15 bits per heavy atom. The average Bonchev–Trinajstić information content (AvgIpc) is 2.52. The number of carbonyl (C=O) groups excluding carboxylic acids is 2. The number of halogens is 3. The van der Waals surface area contributed by atoms with Crippen LogP contribution in [0.1, 0.15) is 17.3 Å². The minimum Gasteiger partial charge on any atom is -0.449 e. The molecule has 1 unspecified atom stereocenters. The number of sulfonamides is 1. The summed E-state index contributed by atoms with van der Waals surface area (Å²) in [6.07, 6.45) is -1.18. The highest BCUT2D eigenvalue weighted by Gasteiger charge is 2.22. The smallest absolute Gasteiger partial charge is 0.340 e. The lowest BCUT2D eigenvalue weighted by molar-refractivity contribution is -0.123. The third kappa shape index (κ3) is 5.91. The largest absolute Gasteiger partial charge is 0.449 e. The zero-order chi connectivity index (χ0) is 20.4. The van der Waals surface area contributed by atoms with Crippen molar-refractivity contribution in [3.8, 4) is 0 Å². The Kier molecular flexibility index (Phi) is 6.87. The van der Waals surface area contributed by atoms with Crippen LogP contribution in [0.25, 0.3) is 0 Å². The number of nitrogens with two attached hydrogens (primary N) is 1. The molecule has 1 atom stereocenters. The molecule has 0 spiro atoms. The van der Waals surface area contributed by atoms with E-state index < -0.39 is 28.0 Å². The predicted molar refractivity (Wildman–Crippen MR) is 105 cm³/mol. The molecule has 27 heavy (non-hydrogen) atoms. The van der Waals surface area contributed by atoms with E-state index in [1.807, 2.05) is 0 Å². The van der Waals surface area contributed by atoms with E-state index in [9.17, 15) is 18.0 Å². The van der Waals surface area contributed by atoms with Crippen LogP contribution in [0.2, 0.25) is 10.0 Å². The van der Waals surface area contributed by atoms with Crippen LogP contribution in [-0.2, 0) is 19.6 Å². The third-order valence-electron chi connectivity index (χ3n) is 3.27. The Morgan fingerprint density at radius 3 is 2.30 bits per heavy atom. The van der Waals surface area contributed by atoms with Crippen LogP contribution < -0.4 is 10.5 Å². The first-order valence-corrected chi connectivity index (χ1v) is 10.4. The predicted octanol–water partition coefficient (Wildman–Crippen LogP) is 3.59. The number of anilines is 1. The lowest BCUT2D eigenvalue weighted by Gasteiger charge is -2.15. The lowest BCUT2D eigenvalue weighted by Crippen LogP contribution is -2.30. The van der Waals surface area contributed by atoms with Crippen LogP contribution in [0.5, 0.6) is 0 Å². The van der Waals surface area contributed by atoms with Gasteiger partial charge in [-0.3, -0.25) is 4.79 Å². The summed E-state index contributed by atoms with van der Waals surface area (Å²) in [5.74, 6) is -1.53. The van der Waals surface area contributed by atoms with Crippen LogP contribution in [0.4, 0.5) is 5.69 Å². The van der Waals surface area contributed by atoms with Gasteiger partial charge in [0, 0.05) is 20.2 Å². The maximum Gasteiger partial charge on any atom is 0.340 e. The van der Waals surface area contributed by atoms with Crippen LogP contribution in [0.15, 0.2) is 45.8 Å². The summed E-state index contributed by atoms with van der Waals surface area (Å²) in [4.78, 5) is 24.3. The fourth-order valence-corrected chi connectivity index (χ4v) is 3.46. The molecule has 0 saturated carbocycles. The van der Waals surface area contributed by atoms with Crippen molar-refractivity contribution in [2.45, 2.75) is 17.9 Å². The zero-order valence-electron chi connectivity index (χ0n) is 13.7. The summed E-state index contributed by atoms with van der Waals surface area (Å²) >= 11 is 14.8. The van der Waals surface area contributed by atoms with Crippen molar-refractivity contribution in [1.82, 2.24) is 0 Å². The van der Waals surface area contributed by atoms with Gasteiger partial charge in [0.15, 0.2) is 6.10 Å². The third-order valence-corrected chi connectivity index (χ3v) is 5.31. The SMILES string of the molecule is CC(OC(=O)c1cc(S(N)(=O)=O)ccc1Br)C(=O)Nc1cc(Cl)cc(Cl)c1. The van der Waals surface area contributed by atoms with Gasteiger partial charge in [-0.15, -0.1) is 0 Å². The molecule has 2 rings (SSSR count). The molecule has 0 aliphatic carbocycles. The van der Waals surface area contributed by atoms with Gasteiger partial charge in [-0.1, -0.05) is 23.2 Å². The van der Waals surface area contributed by atoms with Gasteiger partial charge in [0.25, 0.3) is 5.91 Å². The molecule has 0 aliphatic heterocycles. The number of hydrogen-bond donors (Lipinski definition) is 2. The quantitative estimate of drug-likeness (QED) is 0.615. The molecule has 3 N–H and O–H groups in total. The van der Waals surface area contributed by atoms with Gasteiger partial charge < -0.3 is 10.1 Å². The number of primary sulfonamides is 1. The number of benzene rings is 2. The molecule has 7 nitrogen and oxygen atoms in total. The van der Waals surface area contributed by atoms with Crippen LogP contribution in [-0.4, -0.2) is 26.4 Å². The molecular formula is C16H13BrCl2N2O5S. The highest BCUT2D eigenvalue weighted by molar-refractivity contribution is 9.10. The Morgan fingerprint density at radius 2 is 1.74 bits per heavy atom. The van der Waals surface area contributed by atoms with Crippen LogP contribution in [0, 0.1) is 0 Å². The molecule has 0 aromatic heterocycles. The van der Waals surface area contributed by atoms with E-state index in [-0.39, 0.29) is 14.9 Å². The molecule has 2 aromatic carbocycles. The van der Waals surface area contributed by atoms with Crippen LogP contribution >= 0.6 is 39.1 Å². The van der Waals surface area contributed by atoms with E-state index in [2.05, 4.69) is 21.2 Å². The second-order valence-electron chi connectivity index (χ2n) is 5.38. The normalized spacial score (nSPS) is 12.3. The van der Waals surface area contributed by atoms with Crippen molar-refractivity contribution >= 4 is 66.7 Å². The average molecular weight is 496 g/mol. The molecule has 0 fully saturated rings. The number of esters is 1. The standard InChI is InChI=1S/C16H13BrCl2N2O5S/c1-8(15(22)21-11-5-9(18)4-10(19)6-11)26-16(23)13-7-12(27(20,24)25)2-3-14(13)17/h2-8H,1H3,(H,21,22)(H2,20,24,25). The summed E-state index contributed by atoms with van der Waals surface area (Å²) < 4.78 is 28.2. The molecule has 144 valence electrons. The van der Waals surface area contributed by atoms with Gasteiger partial charge >= 0.3 is 5.97 Å². The summed E-state index contributed by atoms with van der Waals surface area (Å²) in [6, 6.07) is 8.09. The fourth-order valence-electron chi connectivity index (χ4n) is 1.99. The van der Waals surface area contributed by atoms with E-state index >= 15 is 0 Å². The van der Waals surface area contributed by atoms with Crippen molar-refractivity contribution in [2.24, 2.45) is 5.14 Å².